The fraction of sp³-hybridized carbons (Fsp3) is 0.764. The number of phosphoric acid groups is 1. The number of nitrogens with zero attached hydrogens (tertiary/aromatic N) is 1. The van der Waals surface area contributed by atoms with Crippen LogP contribution >= 0.6 is 7.82 Å². The summed E-state index contributed by atoms with van der Waals surface area (Å²) in [5.74, 6) is -0.153. The number of quaternary nitrogens is 1. The van der Waals surface area contributed by atoms with Crippen molar-refractivity contribution in [3.8, 4) is 0 Å². The van der Waals surface area contributed by atoms with Crippen molar-refractivity contribution in [3.05, 3.63) is 97.2 Å². The molecule has 0 fully saturated rings. The van der Waals surface area contributed by atoms with Crippen LogP contribution in [0, 0.1) is 0 Å². The van der Waals surface area contributed by atoms with Crippen molar-refractivity contribution >= 4 is 13.7 Å². The van der Waals surface area contributed by atoms with Crippen molar-refractivity contribution in [3.63, 3.8) is 0 Å². The van der Waals surface area contributed by atoms with Gasteiger partial charge >= 0.3 is 7.82 Å². The zero-order valence-electron chi connectivity index (χ0n) is 53.8. The number of allylic oxidation sites excluding steroid dienone is 16. The van der Waals surface area contributed by atoms with Crippen LogP contribution in [0.25, 0.3) is 0 Å². The molecule has 0 radical (unpaired) electrons. The van der Waals surface area contributed by atoms with Crippen LogP contribution in [-0.2, 0) is 18.4 Å². The van der Waals surface area contributed by atoms with Crippen LogP contribution in [0.2, 0.25) is 0 Å². The molecule has 0 rings (SSSR count). The van der Waals surface area contributed by atoms with Crippen LogP contribution in [0.4, 0.5) is 0 Å². The highest BCUT2D eigenvalue weighted by Gasteiger charge is 2.28. The van der Waals surface area contributed by atoms with E-state index in [1.54, 1.807) is 0 Å². The number of nitrogens with one attached hydrogen (secondary N) is 1. The molecule has 0 aliphatic heterocycles. The maximum atomic E-state index is 13.1. The van der Waals surface area contributed by atoms with Crippen LogP contribution in [0.3, 0.4) is 0 Å². The van der Waals surface area contributed by atoms with Gasteiger partial charge in [-0.05, 0) is 77.0 Å². The predicted octanol–water partition coefficient (Wildman–Crippen LogP) is 21.7. The number of likely N-dealkylation sites (N-methyl/N-ethyl adjacent to an activating group) is 1. The van der Waals surface area contributed by atoms with Crippen molar-refractivity contribution in [2.45, 2.75) is 315 Å². The molecule has 0 saturated heterocycles. The fourth-order valence-corrected chi connectivity index (χ4v) is 10.6. The Hall–Kier alpha value is -2.58. The lowest BCUT2D eigenvalue weighted by atomic mass is 10.0. The third-order valence-electron chi connectivity index (χ3n) is 15.1. The summed E-state index contributed by atoms with van der Waals surface area (Å²) in [6, 6.07) is -0.774. The quantitative estimate of drug-likeness (QED) is 0.0243. The molecule has 0 aromatic rings. The first kappa shape index (κ1) is 78.4. The van der Waals surface area contributed by atoms with Gasteiger partial charge in [0.25, 0.3) is 0 Å². The largest absolute Gasteiger partial charge is 0.472 e. The summed E-state index contributed by atoms with van der Waals surface area (Å²) in [6.07, 6.45) is 89.2. The number of rotatable bonds is 62. The van der Waals surface area contributed by atoms with E-state index in [-0.39, 0.29) is 19.1 Å². The first-order valence-electron chi connectivity index (χ1n) is 34.1. The van der Waals surface area contributed by atoms with Gasteiger partial charge in [0.15, 0.2) is 0 Å². The Morgan fingerprint density at radius 3 is 1.09 bits per heavy atom. The zero-order valence-corrected chi connectivity index (χ0v) is 54.6. The van der Waals surface area contributed by atoms with E-state index in [9.17, 15) is 19.4 Å². The fourth-order valence-electron chi connectivity index (χ4n) is 9.83. The Bertz CT molecular complexity index is 1640. The van der Waals surface area contributed by atoms with Gasteiger partial charge in [-0.1, -0.05) is 317 Å². The molecule has 3 unspecified atom stereocenters. The van der Waals surface area contributed by atoms with Crippen LogP contribution < -0.4 is 5.32 Å². The van der Waals surface area contributed by atoms with E-state index in [0.29, 0.717) is 23.9 Å². The molecular formula is C72H132N2O6P+. The molecule has 3 atom stereocenters. The topological polar surface area (TPSA) is 105 Å². The van der Waals surface area contributed by atoms with Crippen molar-refractivity contribution < 1.29 is 32.9 Å². The number of amides is 1. The Morgan fingerprint density at radius 1 is 0.432 bits per heavy atom. The molecule has 0 aromatic carbocycles. The number of hydrogen-bond donors (Lipinski definition) is 3. The molecule has 9 heteroatoms. The second-order valence-electron chi connectivity index (χ2n) is 24.2. The zero-order chi connectivity index (χ0) is 59.1. The summed E-state index contributed by atoms with van der Waals surface area (Å²) >= 11 is 0. The second kappa shape index (κ2) is 62.0. The SMILES string of the molecule is CC/C=C\C/C=C\C/C=C\C/C=C\C/C=C\C/C=C\C/C=C\C/C=C\CCCCCCCCCCC(=O)NC(COP(=O)(O)OCC[N+](C)(C)C)C(O)CCCCCCCCCCCCCCCCCCCCCCCCCCCC. The molecule has 1 amide bonds. The lowest BCUT2D eigenvalue weighted by Crippen LogP contribution is -2.46. The Balaban J connectivity index is 4.13. The summed E-state index contributed by atoms with van der Waals surface area (Å²) in [5.41, 5.74) is 0. The number of carbonyl (C=O) groups is 1. The van der Waals surface area contributed by atoms with Crippen LogP contribution in [0.5, 0.6) is 0 Å². The van der Waals surface area contributed by atoms with E-state index in [2.05, 4.69) is 116 Å². The van der Waals surface area contributed by atoms with E-state index in [4.69, 9.17) is 9.05 Å². The van der Waals surface area contributed by atoms with Crippen molar-refractivity contribution in [1.82, 2.24) is 5.32 Å². The lowest BCUT2D eigenvalue weighted by molar-refractivity contribution is -0.870. The molecular weight excluding hydrogens is 1020 g/mol. The molecule has 3 N–H and O–H groups in total. The highest BCUT2D eigenvalue weighted by molar-refractivity contribution is 7.47. The Kier molecular flexibility index (Phi) is 60.0. The maximum absolute atomic E-state index is 13.1. The number of aliphatic hydroxyl groups excluding tert-OH is 1. The van der Waals surface area contributed by atoms with Crippen LogP contribution in [0.1, 0.15) is 303 Å². The maximum Gasteiger partial charge on any atom is 0.472 e. The minimum Gasteiger partial charge on any atom is -0.391 e. The Labute approximate surface area is 502 Å². The van der Waals surface area contributed by atoms with Gasteiger partial charge in [-0.3, -0.25) is 13.8 Å². The van der Waals surface area contributed by atoms with Crippen LogP contribution in [-0.4, -0.2) is 73.4 Å². The Morgan fingerprint density at radius 2 is 0.741 bits per heavy atom. The number of phosphoric ester groups is 1. The van der Waals surface area contributed by atoms with Gasteiger partial charge in [-0.15, -0.1) is 0 Å². The summed E-state index contributed by atoms with van der Waals surface area (Å²) in [5, 5.41) is 14.1. The summed E-state index contributed by atoms with van der Waals surface area (Å²) in [6.45, 7) is 4.79. The first-order valence-corrected chi connectivity index (χ1v) is 35.6. The van der Waals surface area contributed by atoms with Gasteiger partial charge in [-0.25, -0.2) is 4.57 Å². The van der Waals surface area contributed by atoms with Crippen molar-refractivity contribution in [1.29, 1.82) is 0 Å². The molecule has 0 spiro atoms. The minimum atomic E-state index is -4.34. The lowest BCUT2D eigenvalue weighted by Gasteiger charge is -2.26. The molecule has 470 valence electrons. The summed E-state index contributed by atoms with van der Waals surface area (Å²) < 4.78 is 23.9. The molecule has 8 nitrogen and oxygen atoms in total. The van der Waals surface area contributed by atoms with Gasteiger partial charge in [0, 0.05) is 6.42 Å². The standard InChI is InChI=1S/C72H131N2O6P/c1-6-8-10-12-14-16-18-20-22-24-26-28-30-32-34-35-36-37-38-39-40-42-44-46-48-50-52-54-56-58-60-62-64-66-72(76)73-70(69-80-81(77,78)79-68-67-74(3,4)5)71(75)65-63-61-59-57-55-53-51-49-47-45-43-41-33-31-29-27-25-23-21-19-17-15-13-11-9-7-2/h8,10,14,16,20,22,26,28,32,34,36-37,39-40,44,46,70-71,75H,6-7,9,11-13,15,17-19,21,23-25,27,29-31,33,35,38,41-43,45,47-69H2,1-5H3,(H-,73,76,77,78)/p+1/b10-8-,16-14-,22-20-,28-26-,34-32-,37-36-,40-39-,46-44-. The van der Waals surface area contributed by atoms with E-state index >= 15 is 0 Å². The second-order valence-corrected chi connectivity index (χ2v) is 25.6. The van der Waals surface area contributed by atoms with E-state index in [1.807, 2.05) is 21.1 Å². The van der Waals surface area contributed by atoms with Gasteiger partial charge in [0.2, 0.25) is 5.91 Å². The van der Waals surface area contributed by atoms with Gasteiger partial charge in [0.05, 0.1) is 39.9 Å². The van der Waals surface area contributed by atoms with E-state index in [1.165, 1.54) is 180 Å². The van der Waals surface area contributed by atoms with Crippen molar-refractivity contribution in [2.24, 2.45) is 0 Å². The molecule has 0 heterocycles. The predicted molar refractivity (Wildman–Crippen MR) is 355 cm³/mol. The molecule has 0 aromatic heterocycles. The van der Waals surface area contributed by atoms with Gasteiger partial charge < -0.3 is 19.8 Å². The third kappa shape index (κ3) is 64.8. The average molecular weight is 1150 g/mol. The number of hydrogen-bond acceptors (Lipinski definition) is 5. The summed E-state index contributed by atoms with van der Waals surface area (Å²) in [7, 11) is 1.61. The van der Waals surface area contributed by atoms with Gasteiger partial charge in [0.1, 0.15) is 13.2 Å². The monoisotopic (exact) mass is 1150 g/mol. The number of unbranched alkanes of at least 4 members (excludes halogenated alkanes) is 33. The highest BCUT2D eigenvalue weighted by Crippen LogP contribution is 2.43. The third-order valence-corrected chi connectivity index (χ3v) is 16.1. The van der Waals surface area contributed by atoms with E-state index < -0.39 is 20.0 Å². The minimum absolute atomic E-state index is 0.0690. The first-order chi connectivity index (χ1) is 39.5. The van der Waals surface area contributed by atoms with Gasteiger partial charge in [-0.2, -0.15) is 0 Å². The van der Waals surface area contributed by atoms with Crippen molar-refractivity contribution in [2.75, 3.05) is 40.9 Å². The van der Waals surface area contributed by atoms with Crippen LogP contribution in [0.15, 0.2) is 97.2 Å². The number of carbonyl (C=O) groups excluding carboxylic acids is 1. The molecule has 0 aliphatic carbocycles. The highest BCUT2D eigenvalue weighted by atomic mass is 31.2. The molecule has 0 bridgehead atoms. The number of aliphatic hydroxyl groups is 1. The molecule has 0 saturated carbocycles. The molecule has 0 aliphatic rings. The average Bonchev–Trinajstić information content (AvgIpc) is 3.43. The van der Waals surface area contributed by atoms with E-state index in [0.717, 1.165) is 96.3 Å². The molecule has 81 heavy (non-hydrogen) atoms. The summed E-state index contributed by atoms with van der Waals surface area (Å²) in [4.78, 5) is 23.5. The smallest absolute Gasteiger partial charge is 0.391 e. The normalized spacial score (nSPS) is 14.3.